The minimum Gasteiger partial charge on any atom is -0.450 e. The smallest absolute Gasteiger partial charge is 0.409 e. The zero-order chi connectivity index (χ0) is 22.9. The van der Waals surface area contributed by atoms with Crippen LogP contribution in [0.15, 0.2) is 17.3 Å². The van der Waals surface area contributed by atoms with Gasteiger partial charge in [0.1, 0.15) is 0 Å². The minimum absolute atomic E-state index is 0.0258. The number of aromatic nitrogens is 2. The van der Waals surface area contributed by atoms with Crippen molar-refractivity contribution in [2.75, 3.05) is 40.3 Å². The average Bonchev–Trinajstić information content (AvgIpc) is 3.48. The largest absolute Gasteiger partial charge is 0.450 e. The number of rotatable bonds is 7. The fourth-order valence-corrected chi connectivity index (χ4v) is 4.08. The van der Waals surface area contributed by atoms with Gasteiger partial charge >= 0.3 is 6.09 Å². The van der Waals surface area contributed by atoms with Crippen LogP contribution >= 0.6 is 0 Å². The van der Waals surface area contributed by atoms with Crippen LogP contribution in [0, 0.1) is 0 Å². The number of nitrogens with zero attached hydrogens (tertiary/aromatic N) is 5. The second-order valence-corrected chi connectivity index (χ2v) is 8.64. The van der Waals surface area contributed by atoms with Crippen LogP contribution in [0.4, 0.5) is 4.79 Å². The van der Waals surface area contributed by atoms with Crippen LogP contribution in [0.5, 0.6) is 0 Å². The topological polar surface area (TPSA) is 104 Å². The first-order valence-corrected chi connectivity index (χ1v) is 11.7. The highest BCUT2D eigenvalue weighted by Crippen LogP contribution is 2.28. The van der Waals surface area contributed by atoms with Crippen LogP contribution in [-0.2, 0) is 16.1 Å². The lowest BCUT2D eigenvalue weighted by Gasteiger charge is -2.32. The van der Waals surface area contributed by atoms with Crippen molar-refractivity contribution in [2.45, 2.75) is 64.1 Å². The first kappa shape index (κ1) is 23.9. The summed E-state index contributed by atoms with van der Waals surface area (Å²) in [6.45, 7) is 4.06. The number of carbonyl (C=O) groups is 2. The van der Waals surface area contributed by atoms with Crippen LogP contribution in [0.3, 0.4) is 0 Å². The molecule has 0 radical (unpaired) electrons. The van der Waals surface area contributed by atoms with Gasteiger partial charge in [-0.2, -0.15) is 5.10 Å². The summed E-state index contributed by atoms with van der Waals surface area (Å²) in [5, 5.41) is 11.3. The van der Waals surface area contributed by atoms with Crippen LogP contribution < -0.4 is 10.6 Å². The van der Waals surface area contributed by atoms with Gasteiger partial charge in [0, 0.05) is 39.4 Å². The predicted octanol–water partition coefficient (Wildman–Crippen LogP) is 1.74. The number of piperidine rings is 1. The van der Waals surface area contributed by atoms with Crippen molar-refractivity contribution in [3.63, 3.8) is 0 Å². The Kier molecular flexibility index (Phi) is 8.75. The maximum atomic E-state index is 12.1. The van der Waals surface area contributed by atoms with Crippen molar-refractivity contribution < 1.29 is 14.3 Å². The van der Waals surface area contributed by atoms with Crippen LogP contribution in [-0.4, -0.2) is 83.9 Å². The molecule has 32 heavy (non-hydrogen) atoms. The van der Waals surface area contributed by atoms with E-state index in [1.165, 1.54) is 25.7 Å². The molecule has 178 valence electrons. The van der Waals surface area contributed by atoms with Crippen molar-refractivity contribution in [3.05, 3.63) is 18.0 Å². The molecule has 2 amide bonds. The molecule has 2 heterocycles. The van der Waals surface area contributed by atoms with E-state index in [0.717, 1.165) is 18.5 Å². The molecule has 0 unspecified atom stereocenters. The number of hydrogen-bond acceptors (Lipinski definition) is 5. The highest BCUT2D eigenvalue weighted by molar-refractivity contribution is 5.86. The van der Waals surface area contributed by atoms with Crippen molar-refractivity contribution in [2.24, 2.45) is 4.99 Å². The van der Waals surface area contributed by atoms with Gasteiger partial charge in [0.15, 0.2) is 5.96 Å². The Labute approximate surface area is 190 Å². The lowest BCUT2D eigenvalue weighted by atomic mass is 10.1. The fraction of sp³-hybridized carbons (Fsp3) is 0.727. The van der Waals surface area contributed by atoms with E-state index in [1.54, 1.807) is 23.9 Å². The van der Waals surface area contributed by atoms with Gasteiger partial charge < -0.3 is 25.2 Å². The van der Waals surface area contributed by atoms with Gasteiger partial charge in [-0.3, -0.25) is 9.48 Å². The van der Waals surface area contributed by atoms with Gasteiger partial charge in [-0.25, -0.2) is 9.79 Å². The van der Waals surface area contributed by atoms with E-state index in [0.29, 0.717) is 38.2 Å². The highest BCUT2D eigenvalue weighted by atomic mass is 16.6. The van der Waals surface area contributed by atoms with Gasteiger partial charge in [0.05, 0.1) is 31.4 Å². The molecule has 1 aliphatic heterocycles. The average molecular weight is 448 g/mol. The summed E-state index contributed by atoms with van der Waals surface area (Å²) in [6, 6.07) is 2.69. The molecule has 0 spiro atoms. The Morgan fingerprint density at radius 3 is 2.59 bits per heavy atom. The quantitative estimate of drug-likeness (QED) is 0.487. The predicted molar refractivity (Wildman–Crippen MR) is 122 cm³/mol. The van der Waals surface area contributed by atoms with E-state index in [9.17, 15) is 9.59 Å². The Morgan fingerprint density at radius 2 is 1.94 bits per heavy atom. The van der Waals surface area contributed by atoms with E-state index in [-0.39, 0.29) is 24.6 Å². The minimum atomic E-state index is -0.257. The summed E-state index contributed by atoms with van der Waals surface area (Å²) in [5.74, 6) is 0.562. The zero-order valence-electron chi connectivity index (χ0n) is 19.5. The molecule has 2 N–H and O–H groups in total. The molecule has 0 atom stereocenters. The van der Waals surface area contributed by atoms with E-state index in [1.807, 2.05) is 19.2 Å². The monoisotopic (exact) mass is 447 g/mol. The molecule has 0 aromatic carbocycles. The first-order valence-electron chi connectivity index (χ1n) is 11.7. The van der Waals surface area contributed by atoms with Crippen LogP contribution in [0.2, 0.25) is 0 Å². The van der Waals surface area contributed by atoms with Crippen molar-refractivity contribution in [1.82, 2.24) is 30.2 Å². The Hall–Kier alpha value is -2.78. The van der Waals surface area contributed by atoms with Gasteiger partial charge in [-0.05, 0) is 38.7 Å². The molecule has 1 aromatic heterocycles. The number of amides is 2. The molecule has 2 aliphatic rings. The third kappa shape index (κ3) is 6.86. The summed E-state index contributed by atoms with van der Waals surface area (Å²) in [6.07, 6.45) is 8.28. The van der Waals surface area contributed by atoms with Gasteiger partial charge in [0.2, 0.25) is 5.91 Å². The fourth-order valence-electron chi connectivity index (χ4n) is 4.08. The lowest BCUT2D eigenvalue weighted by molar-refractivity contribution is -0.127. The first-order chi connectivity index (χ1) is 15.5. The molecule has 1 saturated carbocycles. The number of carbonyl (C=O) groups excluding carboxylic acids is 2. The van der Waals surface area contributed by atoms with Crippen molar-refractivity contribution in [1.29, 1.82) is 0 Å². The number of hydrogen-bond donors (Lipinski definition) is 2. The molecule has 10 heteroatoms. The van der Waals surface area contributed by atoms with Gasteiger partial charge in [0.25, 0.3) is 0 Å². The Morgan fingerprint density at radius 1 is 1.22 bits per heavy atom. The molecule has 1 aliphatic carbocycles. The number of ether oxygens (including phenoxy) is 1. The normalized spacial score (nSPS) is 18.0. The van der Waals surface area contributed by atoms with E-state index < -0.39 is 0 Å². The van der Waals surface area contributed by atoms with Crippen LogP contribution in [0.1, 0.15) is 57.2 Å². The molecule has 0 bridgehead atoms. The maximum Gasteiger partial charge on any atom is 0.409 e. The maximum absolute atomic E-state index is 12.1. The van der Waals surface area contributed by atoms with E-state index in [4.69, 9.17) is 9.84 Å². The SMILES string of the molecule is CCOC(=O)N1CCC(NC(=NCc2ccn(C3CCCC3)n2)NCC(=O)N(C)C)CC1. The summed E-state index contributed by atoms with van der Waals surface area (Å²) < 4.78 is 7.16. The number of nitrogens with one attached hydrogen (secondary N) is 2. The number of aliphatic imine (C=N–C) groups is 1. The van der Waals surface area contributed by atoms with Gasteiger partial charge in [-0.1, -0.05) is 12.8 Å². The van der Waals surface area contributed by atoms with Gasteiger partial charge in [-0.15, -0.1) is 0 Å². The number of likely N-dealkylation sites (tertiary alicyclic amines) is 1. The van der Waals surface area contributed by atoms with E-state index in [2.05, 4.69) is 20.3 Å². The van der Waals surface area contributed by atoms with Crippen LogP contribution in [0.25, 0.3) is 0 Å². The third-order valence-corrected chi connectivity index (χ3v) is 6.03. The standard InChI is InChI=1S/C22H37N7O3/c1-4-32-22(31)28-12-9-17(10-13-28)25-21(24-16-20(30)27(2)3)23-15-18-11-14-29(26-18)19-7-5-6-8-19/h11,14,17,19H,4-10,12-13,15-16H2,1-3H3,(H2,23,24,25). The van der Waals surface area contributed by atoms with Crippen molar-refractivity contribution >= 4 is 18.0 Å². The summed E-state index contributed by atoms with van der Waals surface area (Å²) >= 11 is 0. The molecular formula is C22H37N7O3. The Bertz CT molecular complexity index is 778. The second kappa shape index (κ2) is 11.7. The second-order valence-electron chi connectivity index (χ2n) is 8.64. The highest BCUT2D eigenvalue weighted by Gasteiger charge is 2.24. The molecule has 2 fully saturated rings. The molecule has 1 saturated heterocycles. The third-order valence-electron chi connectivity index (χ3n) is 6.03. The van der Waals surface area contributed by atoms with E-state index >= 15 is 0 Å². The zero-order valence-corrected chi connectivity index (χ0v) is 19.5. The Balaban J connectivity index is 1.58. The summed E-state index contributed by atoms with van der Waals surface area (Å²) in [4.78, 5) is 31.9. The summed E-state index contributed by atoms with van der Waals surface area (Å²) in [5.41, 5.74) is 0.911. The lowest BCUT2D eigenvalue weighted by Crippen LogP contribution is -2.51. The summed E-state index contributed by atoms with van der Waals surface area (Å²) in [7, 11) is 3.46. The molecule has 1 aromatic rings. The molecular weight excluding hydrogens is 410 g/mol. The molecule has 10 nitrogen and oxygen atoms in total. The van der Waals surface area contributed by atoms with Crippen molar-refractivity contribution in [3.8, 4) is 0 Å². The number of likely N-dealkylation sites (N-methyl/N-ethyl adjacent to an activating group) is 1. The molecule has 3 rings (SSSR count). The number of guanidine groups is 1.